The first-order chi connectivity index (χ1) is 60.7. The van der Waals surface area contributed by atoms with E-state index in [1.54, 1.807) is 12.2 Å². The highest BCUT2D eigenvalue weighted by molar-refractivity contribution is 5.84. The molecule has 22 heterocycles. The minimum absolute atomic E-state index is 0.0242. The maximum Gasteiger partial charge on any atom is 0.331 e. The van der Waals surface area contributed by atoms with Crippen LogP contribution in [0.4, 0.5) is 0 Å². The quantitative estimate of drug-likeness (QED) is 0.184. The first-order valence-corrected chi connectivity index (χ1v) is 50.0. The number of aliphatic hydroxyl groups is 2. The Morgan fingerprint density at radius 3 is 1.25 bits per heavy atom. The predicted octanol–water partition coefficient (Wildman–Crippen LogP) is 12.5. The van der Waals surface area contributed by atoms with Gasteiger partial charge in [0.2, 0.25) is 0 Å². The van der Waals surface area contributed by atoms with E-state index in [9.17, 15) is 24.6 Å². The van der Waals surface area contributed by atoms with Crippen molar-refractivity contribution in [2.24, 2.45) is 17.8 Å². The smallest absolute Gasteiger partial charge is 0.331 e. The molecule has 18 saturated heterocycles. The Balaban J connectivity index is 0.000000156. The van der Waals surface area contributed by atoms with E-state index in [0.29, 0.717) is 115 Å². The fraction of sp³-hybridized carbons (Fsp3) is 0.891. The zero-order valence-electron chi connectivity index (χ0n) is 78.8. The van der Waals surface area contributed by atoms with Gasteiger partial charge in [0.25, 0.3) is 0 Å². The minimum atomic E-state index is -0.905. The van der Waals surface area contributed by atoms with E-state index in [1.807, 2.05) is 34.6 Å². The monoisotopic (exact) mass is 1790 g/mol. The van der Waals surface area contributed by atoms with Gasteiger partial charge >= 0.3 is 11.9 Å². The fourth-order valence-electron chi connectivity index (χ4n) is 28.3. The highest BCUT2D eigenvalue weighted by atomic mass is 16.7. The van der Waals surface area contributed by atoms with Gasteiger partial charge in [-0.05, 0) is 170 Å². The Kier molecular flexibility index (Phi) is 23.7. The lowest BCUT2D eigenvalue weighted by Crippen LogP contribution is -2.70. The van der Waals surface area contributed by atoms with E-state index in [2.05, 4.69) is 107 Å². The lowest BCUT2D eigenvalue weighted by atomic mass is 9.72. The third-order valence-corrected chi connectivity index (χ3v) is 36.4. The van der Waals surface area contributed by atoms with E-state index in [4.69, 9.17) is 104 Å². The van der Waals surface area contributed by atoms with Crippen molar-refractivity contribution in [3.63, 3.8) is 0 Å². The maximum absolute atomic E-state index is 12.3. The number of fused-ring (bicyclic) bond motifs is 20. The summed E-state index contributed by atoms with van der Waals surface area (Å²) in [7, 11) is 0. The molecule has 19 unspecified atom stereocenters. The molecule has 22 aliphatic rings. The molecule has 0 bridgehead atoms. The van der Waals surface area contributed by atoms with Gasteiger partial charge in [0, 0.05) is 115 Å². The topological polar surface area (TPSA) is 295 Å². The van der Waals surface area contributed by atoms with E-state index < -0.39 is 68.2 Å². The first-order valence-electron chi connectivity index (χ1n) is 50.0. The second-order valence-electron chi connectivity index (χ2n) is 46.3. The normalized spacial score (nSPS) is 57.3. The molecule has 0 spiro atoms. The molecule has 0 aromatic rings. The van der Waals surface area contributed by atoms with Crippen LogP contribution in [0.3, 0.4) is 0 Å². The molecule has 22 aliphatic heterocycles. The van der Waals surface area contributed by atoms with Gasteiger partial charge in [0.15, 0.2) is 0 Å². The molecule has 714 valence electrons. The Labute approximate surface area is 756 Å². The van der Waals surface area contributed by atoms with Crippen LogP contribution in [0.2, 0.25) is 0 Å². The fourth-order valence-corrected chi connectivity index (χ4v) is 28.3. The van der Waals surface area contributed by atoms with Crippen LogP contribution in [0, 0.1) is 17.8 Å². The Morgan fingerprint density at radius 1 is 0.391 bits per heavy atom. The number of hydrogen-bond donors (Lipinski definition) is 2. The molecule has 2 N–H and O–H groups in total. The largest absolute Gasteiger partial charge is 0.456 e. The van der Waals surface area contributed by atoms with Crippen LogP contribution in [-0.2, 0) is 119 Å². The predicted molar refractivity (Wildman–Crippen MR) is 461 cm³/mol. The summed E-state index contributed by atoms with van der Waals surface area (Å²) in [6.45, 7) is 36.2. The van der Waals surface area contributed by atoms with Crippen molar-refractivity contribution in [3.05, 3.63) is 47.6 Å². The van der Waals surface area contributed by atoms with Gasteiger partial charge < -0.3 is 114 Å². The van der Waals surface area contributed by atoms with E-state index in [0.717, 1.165) is 68.9 Å². The molecule has 0 aliphatic carbocycles. The van der Waals surface area contributed by atoms with Crippen LogP contribution in [0.25, 0.3) is 0 Å². The molecule has 0 aromatic carbocycles. The molecule has 128 heavy (non-hydrogen) atoms. The molecular weight excluding hydrogens is 1650 g/mol. The van der Waals surface area contributed by atoms with Gasteiger partial charge in [-0.2, -0.15) is 0 Å². The van der Waals surface area contributed by atoms with Crippen molar-refractivity contribution in [3.8, 4) is 0 Å². The molecule has 0 amide bonds. The van der Waals surface area contributed by atoms with Gasteiger partial charge in [0.1, 0.15) is 53.6 Å². The van der Waals surface area contributed by atoms with Crippen LogP contribution in [-0.4, -0.2) is 291 Å². The highest BCUT2D eigenvalue weighted by Gasteiger charge is 2.69. The van der Waals surface area contributed by atoms with Gasteiger partial charge in [-0.25, -0.2) is 9.59 Å². The van der Waals surface area contributed by atoms with Crippen molar-refractivity contribution < 1.29 is 129 Å². The van der Waals surface area contributed by atoms with E-state index >= 15 is 0 Å². The van der Waals surface area contributed by atoms with Crippen molar-refractivity contribution in [2.75, 3.05) is 0 Å². The summed E-state index contributed by atoms with van der Waals surface area (Å²) < 4.78 is 152. The zero-order valence-corrected chi connectivity index (χ0v) is 78.8. The summed E-state index contributed by atoms with van der Waals surface area (Å²) in [5.74, 6) is 0.410. The molecule has 0 radical (unpaired) electrons. The number of rotatable bonds is 6. The van der Waals surface area contributed by atoms with Crippen molar-refractivity contribution in [2.45, 2.75) is 548 Å². The molecule has 0 aromatic heterocycles. The van der Waals surface area contributed by atoms with Crippen LogP contribution >= 0.6 is 0 Å². The summed E-state index contributed by atoms with van der Waals surface area (Å²) in [5, 5.41) is 23.0. The lowest BCUT2D eigenvalue weighted by Gasteiger charge is -2.60. The summed E-state index contributed by atoms with van der Waals surface area (Å²) in [4.78, 5) is 36.8. The number of hydrogen-bond acceptors (Lipinski definition) is 27. The number of carbonyl (C=O) groups excluding carboxylic acids is 3. The Bertz CT molecular complexity index is 4290. The van der Waals surface area contributed by atoms with Crippen molar-refractivity contribution >= 4 is 17.7 Å². The molecule has 47 atom stereocenters. The first kappa shape index (κ1) is 91.1. The van der Waals surface area contributed by atoms with Crippen LogP contribution in [0.1, 0.15) is 285 Å². The molecular formula is C101H148O27. The second kappa shape index (κ2) is 33.2. The van der Waals surface area contributed by atoms with Crippen molar-refractivity contribution in [1.29, 1.82) is 0 Å². The number of carbonyl (C=O) groups is 3. The molecule has 0 saturated carbocycles. The molecule has 27 nitrogen and oxygen atoms in total. The number of ether oxygens (including phenoxy) is 22. The van der Waals surface area contributed by atoms with Crippen molar-refractivity contribution in [1.82, 2.24) is 0 Å². The summed E-state index contributed by atoms with van der Waals surface area (Å²) in [5.41, 5.74) is -4.59. The van der Waals surface area contributed by atoms with Gasteiger partial charge in [-0.15, -0.1) is 0 Å². The summed E-state index contributed by atoms with van der Waals surface area (Å²) in [6.07, 6.45) is 21.5. The van der Waals surface area contributed by atoms with Gasteiger partial charge in [0.05, 0.1) is 216 Å². The Morgan fingerprint density at radius 2 is 0.805 bits per heavy atom. The molecule has 18 fully saturated rings. The lowest BCUT2D eigenvalue weighted by molar-refractivity contribution is -0.356. The average molecular weight is 1790 g/mol. The second-order valence-corrected chi connectivity index (χ2v) is 46.3. The summed E-state index contributed by atoms with van der Waals surface area (Å²) in [6, 6.07) is 0. The maximum atomic E-state index is 12.3. The number of ketones is 1. The standard InChI is InChI=1S/C51H76O13.C50H72O14/c1-10-26(2)16-29-19-38(52)51(9)42(54-29)21-34-35(61-51)20-33-30(55-34)12-11-14-47(5)43(58-33)25-50(8)41(62-47)23-40-48(6,64-50)15-13-31-45(60-40)27(3)17-32-37(56-31)24-49(7)39(57-32)22-36-46(63-49)28(4)18-44(53)59-36;1-9-27(51)17-28-18-37(52)50(8)41(54-28)20-33-34(61-50)19-32-29(55-33)11-10-13-46(4)42(58-32)24-49(7)40(62-46)22-39-47(5,64-49)14-12-30-44(60-39)25(2)15-31-36(56-30)23-48(6)38(57-31)21-35-45(63-48)26(3)16-43(53)59-35/h11-12,18,26-27,29-43,45-46,52H,10,13-17,19-25H2,1-9H3;10-11,16,25,28-42,44-45,52H,9,12-15,17-24H2,1-8H3/b12-11-;11-10-/t26?,27-,29-,30?,31+,32?,33+,34?,35-,36?,37-,38+,39?,40?,41?,42?,43-,45?,46-,47+,48-,49+,50+,51+;25-,28-,29?,30+,31?,32+,33?,34-,35?,36-,37+,38?,39?,40?,41?,42-,44?,45-,46+,47-,48+,49+,50+/m11/s1. The van der Waals surface area contributed by atoms with Crippen LogP contribution in [0.15, 0.2) is 47.6 Å². The SMILES string of the molecule is CCC(=O)C[C@@H]1C[C@H](O)[C@]2(C)O[C@@H]3C[C@@H]4O[C@@H]5C[C@]6(C)O[C@]7(C)CC[C@@H]8O[C@@H]9C[C@]%10(C)O[C@@H]%11C(C)=CC(=O)OC%11CC%10OC9C[C@@H](C)C8OC7CC6O[C@@]5(C)C/C=C\C4OC3CC2O1.CCC(C)C[C@@H]1C[C@H](O)[C@]2(C)O[C@@H]3C[C@@H]4O[C@@H]5C[C@]6(C)O[C@]7(C)CC[C@@H]8O[C@@H]9C[C@]%10(C)O[C@@H]%11C(C)=CC(=O)OC%11CC%10OC9C[C@@H](C)C8OC7CC6O[C@@]5(C)C/C=C\C4OC3CC2O1. The average Bonchev–Trinajstić information content (AvgIpc) is 0.954. The van der Waals surface area contributed by atoms with Gasteiger partial charge in [-0.3, -0.25) is 4.79 Å². The number of Topliss-reactive ketones (excluding diaryl/α,β-unsaturated/α-hetero) is 1. The number of esters is 2. The molecule has 22 rings (SSSR count). The van der Waals surface area contributed by atoms with E-state index in [-0.39, 0.29) is 225 Å². The summed E-state index contributed by atoms with van der Waals surface area (Å²) >= 11 is 0. The number of aliphatic hydroxyl groups excluding tert-OH is 2. The minimum Gasteiger partial charge on any atom is -0.456 e. The Hall–Kier alpha value is -3.31. The van der Waals surface area contributed by atoms with Crippen LogP contribution < -0.4 is 0 Å². The molecule has 27 heteroatoms. The third kappa shape index (κ3) is 16.0. The third-order valence-electron chi connectivity index (χ3n) is 36.4. The zero-order chi connectivity index (χ0) is 89.4. The van der Waals surface area contributed by atoms with Gasteiger partial charge in [-0.1, -0.05) is 65.3 Å². The van der Waals surface area contributed by atoms with E-state index in [1.165, 1.54) is 0 Å². The highest BCUT2D eigenvalue weighted by Crippen LogP contribution is 2.60. The van der Waals surface area contributed by atoms with Crippen LogP contribution in [0.5, 0.6) is 0 Å².